The van der Waals surface area contributed by atoms with Crippen LogP contribution in [0.4, 0.5) is 0 Å². The molecule has 33 heavy (non-hydrogen) atoms. The average Bonchev–Trinajstić information content (AvgIpc) is 2.78. The van der Waals surface area contributed by atoms with Crippen LogP contribution in [0, 0.1) is 0 Å². The van der Waals surface area contributed by atoms with Gasteiger partial charge < -0.3 is 13.6 Å². The van der Waals surface area contributed by atoms with Crippen LogP contribution in [0.5, 0.6) is 5.75 Å². The van der Waals surface area contributed by atoms with Crippen LogP contribution in [0.1, 0.15) is 5.56 Å². The van der Waals surface area contributed by atoms with Gasteiger partial charge in [-0.2, -0.15) is 0 Å². The molecule has 0 fully saturated rings. The maximum absolute atomic E-state index is 12.7. The largest absolute Gasteiger partial charge is 0.489 e. The van der Waals surface area contributed by atoms with Crippen molar-refractivity contribution >= 4 is 61.1 Å². The Balaban J connectivity index is 1.58. The first-order valence-electron chi connectivity index (χ1n) is 9.76. The minimum Gasteiger partial charge on any atom is -0.489 e. The van der Waals surface area contributed by atoms with Crippen LogP contribution in [-0.2, 0) is 6.61 Å². The number of rotatable bonds is 4. The fraction of sp³-hybridized carbons (Fsp3) is 0.0400. The van der Waals surface area contributed by atoms with Crippen LogP contribution in [0.2, 0.25) is 10.0 Å². The Kier molecular flexibility index (Phi) is 5.74. The van der Waals surface area contributed by atoms with Gasteiger partial charge in [-0.05, 0) is 48.5 Å². The van der Waals surface area contributed by atoms with Crippen LogP contribution in [0.15, 0.2) is 89.6 Å². The molecule has 0 N–H and O–H groups in total. The van der Waals surface area contributed by atoms with E-state index in [4.69, 9.17) is 36.8 Å². The highest BCUT2D eigenvalue weighted by Crippen LogP contribution is 2.31. The molecular formula is C25H13BrCl2O5. The predicted molar refractivity (Wildman–Crippen MR) is 132 cm³/mol. The highest BCUT2D eigenvalue weighted by Gasteiger charge is 2.15. The highest BCUT2D eigenvalue weighted by atomic mass is 79.9. The van der Waals surface area contributed by atoms with Crippen molar-refractivity contribution in [3.8, 4) is 16.9 Å². The van der Waals surface area contributed by atoms with Gasteiger partial charge in [-0.15, -0.1) is 0 Å². The molecule has 0 aliphatic heterocycles. The molecule has 0 atom stereocenters. The lowest BCUT2D eigenvalue weighted by Crippen LogP contribution is -2.06. The number of halogens is 3. The van der Waals surface area contributed by atoms with E-state index < -0.39 is 11.3 Å². The molecule has 164 valence electrons. The second-order valence-electron chi connectivity index (χ2n) is 7.26. The van der Waals surface area contributed by atoms with Gasteiger partial charge in [-0.25, -0.2) is 9.59 Å². The molecule has 5 nitrogen and oxygen atoms in total. The molecule has 0 bridgehead atoms. The van der Waals surface area contributed by atoms with E-state index in [2.05, 4.69) is 15.9 Å². The minimum atomic E-state index is -0.600. The third kappa shape index (κ3) is 4.29. The molecule has 5 aromatic rings. The number of hydrogen-bond donors (Lipinski definition) is 0. The van der Waals surface area contributed by atoms with E-state index in [-0.39, 0.29) is 17.8 Å². The smallest absolute Gasteiger partial charge is 0.344 e. The summed E-state index contributed by atoms with van der Waals surface area (Å²) in [5.41, 5.74) is 0.897. The van der Waals surface area contributed by atoms with Crippen molar-refractivity contribution in [2.24, 2.45) is 0 Å². The molecule has 0 amide bonds. The Morgan fingerprint density at radius 2 is 1.61 bits per heavy atom. The summed E-state index contributed by atoms with van der Waals surface area (Å²) in [7, 11) is 0. The van der Waals surface area contributed by atoms with Crippen molar-refractivity contribution in [3.05, 3.63) is 108 Å². The standard InChI is InChI=1S/C25H13BrCl2O5/c26-14-4-7-22-13(8-14)9-18(25(30)33-22)17-11-24(29)32-23-10-15(5-6-16(17)23)31-12-19-20(27)2-1-3-21(19)28/h1-11H,12H2. The lowest BCUT2D eigenvalue weighted by molar-refractivity contribution is 0.306. The number of benzene rings is 3. The van der Waals surface area contributed by atoms with E-state index in [0.29, 0.717) is 37.9 Å². The second kappa shape index (κ2) is 8.71. The van der Waals surface area contributed by atoms with Crippen molar-refractivity contribution in [3.63, 3.8) is 0 Å². The summed E-state index contributed by atoms with van der Waals surface area (Å²) in [4.78, 5) is 25.0. The average molecular weight is 544 g/mol. The lowest BCUT2D eigenvalue weighted by Gasteiger charge is -2.11. The fourth-order valence-electron chi connectivity index (χ4n) is 3.56. The van der Waals surface area contributed by atoms with E-state index in [0.717, 1.165) is 9.86 Å². The number of hydrogen-bond acceptors (Lipinski definition) is 5. The van der Waals surface area contributed by atoms with Gasteiger partial charge in [0.05, 0.1) is 5.56 Å². The zero-order valence-electron chi connectivity index (χ0n) is 16.7. The Morgan fingerprint density at radius 3 is 2.39 bits per heavy atom. The molecule has 5 rings (SSSR count). The van der Waals surface area contributed by atoms with Crippen LogP contribution in [0.25, 0.3) is 33.1 Å². The summed E-state index contributed by atoms with van der Waals surface area (Å²) in [6.07, 6.45) is 0. The molecular weight excluding hydrogens is 531 g/mol. The maximum Gasteiger partial charge on any atom is 0.344 e. The van der Waals surface area contributed by atoms with Gasteiger partial charge in [-0.3, -0.25) is 0 Å². The summed E-state index contributed by atoms with van der Waals surface area (Å²) >= 11 is 15.8. The number of fused-ring (bicyclic) bond motifs is 2. The lowest BCUT2D eigenvalue weighted by atomic mass is 10.0. The quantitative estimate of drug-likeness (QED) is 0.224. The molecule has 0 saturated carbocycles. The van der Waals surface area contributed by atoms with Gasteiger partial charge >= 0.3 is 11.3 Å². The molecule has 0 aliphatic carbocycles. The van der Waals surface area contributed by atoms with Crippen LogP contribution in [-0.4, -0.2) is 0 Å². The topological polar surface area (TPSA) is 69.7 Å². The van der Waals surface area contributed by atoms with E-state index in [9.17, 15) is 9.59 Å². The molecule has 0 saturated heterocycles. The van der Waals surface area contributed by atoms with Gasteiger partial charge in [0, 0.05) is 48.6 Å². The van der Waals surface area contributed by atoms with Crippen LogP contribution >= 0.6 is 39.1 Å². The van der Waals surface area contributed by atoms with Gasteiger partial charge in [0.15, 0.2) is 0 Å². The minimum absolute atomic E-state index is 0.136. The van der Waals surface area contributed by atoms with Gasteiger partial charge in [-0.1, -0.05) is 45.2 Å². The van der Waals surface area contributed by atoms with Crippen molar-refractivity contribution in [2.45, 2.75) is 6.61 Å². The van der Waals surface area contributed by atoms with Crippen molar-refractivity contribution in [1.29, 1.82) is 0 Å². The Bertz CT molecular complexity index is 1640. The molecule has 2 aromatic heterocycles. The summed E-state index contributed by atoms with van der Waals surface area (Å²) in [6.45, 7) is 0.136. The van der Waals surface area contributed by atoms with E-state index in [1.54, 1.807) is 54.6 Å². The van der Waals surface area contributed by atoms with Crippen molar-refractivity contribution < 1.29 is 13.6 Å². The Hall–Kier alpha value is -3.06. The molecule has 3 aromatic carbocycles. The first-order valence-corrected chi connectivity index (χ1v) is 11.3. The number of ether oxygens (including phenoxy) is 1. The summed E-state index contributed by atoms with van der Waals surface area (Å²) < 4.78 is 17.5. The first-order chi connectivity index (χ1) is 15.9. The third-order valence-electron chi connectivity index (χ3n) is 5.15. The fourth-order valence-corrected chi connectivity index (χ4v) is 4.45. The Morgan fingerprint density at radius 1 is 0.818 bits per heavy atom. The van der Waals surface area contributed by atoms with Gasteiger partial charge in [0.2, 0.25) is 0 Å². The molecule has 2 heterocycles. The zero-order valence-corrected chi connectivity index (χ0v) is 19.8. The van der Waals surface area contributed by atoms with Crippen LogP contribution in [0.3, 0.4) is 0 Å². The Labute approximate surface area is 205 Å². The molecule has 0 spiro atoms. The van der Waals surface area contributed by atoms with E-state index in [1.807, 2.05) is 6.07 Å². The summed E-state index contributed by atoms with van der Waals surface area (Å²) in [6, 6.07) is 18.5. The summed E-state index contributed by atoms with van der Waals surface area (Å²) in [5, 5.41) is 2.27. The second-order valence-corrected chi connectivity index (χ2v) is 8.99. The predicted octanol–water partition coefficient (Wildman–Crippen LogP) is 7.21. The van der Waals surface area contributed by atoms with Crippen molar-refractivity contribution in [1.82, 2.24) is 0 Å². The summed E-state index contributed by atoms with van der Waals surface area (Å²) in [5.74, 6) is 0.452. The van der Waals surface area contributed by atoms with Gasteiger partial charge in [0.25, 0.3) is 0 Å². The van der Waals surface area contributed by atoms with E-state index in [1.165, 1.54) is 6.07 Å². The molecule has 8 heteroatoms. The highest BCUT2D eigenvalue weighted by molar-refractivity contribution is 9.10. The van der Waals surface area contributed by atoms with Gasteiger partial charge in [0.1, 0.15) is 23.5 Å². The molecule has 0 radical (unpaired) electrons. The first kappa shape index (κ1) is 21.8. The molecule has 0 unspecified atom stereocenters. The third-order valence-corrected chi connectivity index (χ3v) is 6.35. The van der Waals surface area contributed by atoms with E-state index >= 15 is 0 Å². The normalized spacial score (nSPS) is 11.2. The van der Waals surface area contributed by atoms with Crippen LogP contribution < -0.4 is 16.0 Å². The zero-order chi connectivity index (χ0) is 23.1. The maximum atomic E-state index is 12.7. The SMILES string of the molecule is O=c1cc(-c2cc3cc(Br)ccc3oc2=O)c2ccc(OCc3c(Cl)cccc3Cl)cc2o1. The molecule has 0 aliphatic rings. The monoisotopic (exact) mass is 542 g/mol. The van der Waals surface area contributed by atoms with Crippen molar-refractivity contribution in [2.75, 3.05) is 0 Å².